The van der Waals surface area contributed by atoms with Crippen LogP contribution < -0.4 is 10.0 Å². The van der Waals surface area contributed by atoms with Crippen LogP contribution >= 0.6 is 0 Å². The number of benzene rings is 1. The molecule has 1 amide bonds. The lowest BCUT2D eigenvalue weighted by Gasteiger charge is -2.27. The summed E-state index contributed by atoms with van der Waals surface area (Å²) < 4.78 is 55.1. The van der Waals surface area contributed by atoms with Crippen LogP contribution in [-0.2, 0) is 31.8 Å². The lowest BCUT2D eigenvalue weighted by Crippen LogP contribution is -2.53. The van der Waals surface area contributed by atoms with E-state index in [4.69, 9.17) is 0 Å². The maximum Gasteiger partial charge on any atom is 0.253 e. The van der Waals surface area contributed by atoms with Crippen molar-refractivity contribution in [3.63, 3.8) is 0 Å². The Labute approximate surface area is 240 Å². The average Bonchev–Trinajstić information content (AvgIpc) is 3.12. The first-order valence-electron chi connectivity index (χ1n) is 14.3. The van der Waals surface area contributed by atoms with Crippen molar-refractivity contribution in [1.82, 2.24) is 14.6 Å². The molecule has 10 heteroatoms. The van der Waals surface area contributed by atoms with Crippen LogP contribution in [0.2, 0.25) is 0 Å². The number of nitrogens with one attached hydrogen (secondary N) is 2. The topological polar surface area (TPSA) is 114 Å². The second-order valence-electron chi connectivity index (χ2n) is 13.7. The lowest BCUT2D eigenvalue weighted by molar-refractivity contribution is 0.0941. The van der Waals surface area contributed by atoms with Crippen molar-refractivity contribution in [3.05, 3.63) is 41.1 Å². The lowest BCUT2D eigenvalue weighted by atomic mass is 9.85. The molecule has 2 aliphatic rings. The summed E-state index contributed by atoms with van der Waals surface area (Å²) in [6, 6.07) is 6.97. The van der Waals surface area contributed by atoms with Gasteiger partial charge in [0.05, 0.1) is 28.0 Å². The summed E-state index contributed by atoms with van der Waals surface area (Å²) in [5.74, 6) is 0.177. The number of rotatable bonds is 7. The minimum atomic E-state index is -3.77. The molecule has 1 saturated heterocycles. The quantitative estimate of drug-likeness (QED) is 0.473. The van der Waals surface area contributed by atoms with Gasteiger partial charge >= 0.3 is 0 Å². The molecule has 8 nitrogen and oxygen atoms in total. The molecule has 1 aliphatic carbocycles. The second kappa shape index (κ2) is 10.9. The van der Waals surface area contributed by atoms with Crippen LogP contribution in [0, 0.1) is 12.8 Å². The van der Waals surface area contributed by atoms with Crippen LogP contribution in [0.1, 0.15) is 95.3 Å². The van der Waals surface area contributed by atoms with E-state index in [1.54, 1.807) is 6.07 Å². The Morgan fingerprint density at radius 2 is 1.62 bits per heavy atom. The number of aromatic nitrogens is 1. The van der Waals surface area contributed by atoms with E-state index >= 15 is 0 Å². The molecule has 40 heavy (non-hydrogen) atoms. The number of carbonyl (C=O) groups is 1. The van der Waals surface area contributed by atoms with Gasteiger partial charge in [-0.25, -0.2) is 21.6 Å². The number of sulfone groups is 1. The van der Waals surface area contributed by atoms with Crippen molar-refractivity contribution in [1.29, 1.82) is 0 Å². The highest BCUT2D eigenvalue weighted by atomic mass is 32.2. The first kappa shape index (κ1) is 30.8. The largest absolute Gasteiger partial charge is 0.347 e. The van der Waals surface area contributed by atoms with Gasteiger partial charge in [0.2, 0.25) is 10.0 Å². The minimum Gasteiger partial charge on any atom is -0.347 e. The van der Waals surface area contributed by atoms with Crippen molar-refractivity contribution in [2.75, 3.05) is 11.5 Å². The van der Waals surface area contributed by atoms with E-state index < -0.39 is 30.8 Å². The molecule has 1 saturated carbocycles. The molecule has 222 valence electrons. The molecule has 2 fully saturated rings. The molecule has 2 N–H and O–H groups in total. The van der Waals surface area contributed by atoms with Crippen LogP contribution in [0.3, 0.4) is 0 Å². The maximum absolute atomic E-state index is 13.4. The van der Waals surface area contributed by atoms with Gasteiger partial charge < -0.3 is 9.88 Å². The van der Waals surface area contributed by atoms with E-state index in [9.17, 15) is 21.6 Å². The molecule has 2 aromatic rings. The van der Waals surface area contributed by atoms with Crippen molar-refractivity contribution >= 4 is 25.8 Å². The SMILES string of the molecule is Cc1c(C(=O)NC2CS(=O)(=O)C2)cc(-c2ccc(S(=O)(=O)NC(C)(C)C)c(C(C)(C)C)c2)n1CC1CCCCC1. The molecule has 0 bridgehead atoms. The van der Waals surface area contributed by atoms with Gasteiger partial charge in [-0.15, -0.1) is 0 Å². The summed E-state index contributed by atoms with van der Waals surface area (Å²) in [5.41, 5.74) is 2.71. The van der Waals surface area contributed by atoms with Gasteiger partial charge in [0.25, 0.3) is 5.91 Å². The highest BCUT2D eigenvalue weighted by molar-refractivity contribution is 7.92. The van der Waals surface area contributed by atoms with Crippen molar-refractivity contribution < 1.29 is 21.6 Å². The van der Waals surface area contributed by atoms with E-state index in [2.05, 4.69) is 14.6 Å². The van der Waals surface area contributed by atoms with Gasteiger partial charge in [0, 0.05) is 23.5 Å². The van der Waals surface area contributed by atoms with Crippen LogP contribution in [0.25, 0.3) is 11.3 Å². The van der Waals surface area contributed by atoms with Gasteiger partial charge in [-0.1, -0.05) is 46.1 Å². The molecule has 2 heterocycles. The summed E-state index contributed by atoms with van der Waals surface area (Å²) in [5, 5.41) is 2.89. The Morgan fingerprint density at radius 1 is 1.00 bits per heavy atom. The van der Waals surface area contributed by atoms with Crippen molar-refractivity contribution in [3.8, 4) is 11.3 Å². The van der Waals surface area contributed by atoms with E-state index in [0.717, 1.165) is 36.3 Å². The third-order valence-corrected chi connectivity index (χ3v) is 11.5. The zero-order valence-electron chi connectivity index (χ0n) is 24.9. The number of sulfonamides is 1. The van der Waals surface area contributed by atoms with Crippen LogP contribution in [0.4, 0.5) is 0 Å². The monoisotopic (exact) mass is 591 g/mol. The van der Waals surface area contributed by atoms with Gasteiger partial charge in [0.1, 0.15) is 0 Å². The summed E-state index contributed by atoms with van der Waals surface area (Å²) in [6.07, 6.45) is 5.93. The fourth-order valence-corrected chi connectivity index (χ4v) is 8.97. The van der Waals surface area contributed by atoms with E-state index in [1.165, 1.54) is 19.3 Å². The molecule has 1 aromatic carbocycles. The molecule has 1 aliphatic heterocycles. The zero-order chi connectivity index (χ0) is 29.7. The molecule has 0 unspecified atom stereocenters. The Balaban J connectivity index is 1.79. The molecule has 1 aromatic heterocycles. The Hall–Kier alpha value is -2.17. The summed E-state index contributed by atoms with van der Waals surface area (Å²) >= 11 is 0. The third-order valence-electron chi connectivity index (χ3n) is 7.84. The van der Waals surface area contributed by atoms with Gasteiger partial charge in [-0.2, -0.15) is 0 Å². The Kier molecular flexibility index (Phi) is 8.40. The fraction of sp³-hybridized carbons (Fsp3) is 0.633. The van der Waals surface area contributed by atoms with E-state index in [1.807, 2.05) is 66.7 Å². The second-order valence-corrected chi connectivity index (χ2v) is 17.5. The minimum absolute atomic E-state index is 0.0269. The maximum atomic E-state index is 13.4. The highest BCUT2D eigenvalue weighted by Gasteiger charge is 2.35. The molecular weight excluding hydrogens is 546 g/mol. The number of nitrogens with zero attached hydrogens (tertiary/aromatic N) is 1. The van der Waals surface area contributed by atoms with E-state index in [0.29, 0.717) is 17.0 Å². The highest BCUT2D eigenvalue weighted by Crippen LogP contribution is 2.36. The standard InChI is InChI=1S/C30H45N3O5S2/c1-20-24(28(34)31-23-18-39(35,36)19-23)16-26(33(20)17-21-11-9-8-10-12-21)22-13-14-27(25(15-22)29(2,3)4)40(37,38)32-30(5,6)7/h13-16,21,23,32H,8-12,17-19H2,1-7H3,(H,31,34). The molecule has 4 rings (SSSR count). The first-order chi connectivity index (χ1) is 18.4. The average molecular weight is 592 g/mol. The van der Waals surface area contributed by atoms with Gasteiger partial charge in [-0.05, 0) is 81.2 Å². The van der Waals surface area contributed by atoms with Crippen molar-refractivity contribution in [2.24, 2.45) is 5.92 Å². The van der Waals surface area contributed by atoms with Crippen LogP contribution in [0.5, 0.6) is 0 Å². The number of carbonyl (C=O) groups excluding carboxylic acids is 1. The summed E-state index contributed by atoms with van der Waals surface area (Å²) in [7, 11) is -6.82. The number of amides is 1. The Morgan fingerprint density at radius 3 is 2.17 bits per heavy atom. The molecule has 0 spiro atoms. The normalized spacial score (nSPS) is 18.9. The smallest absolute Gasteiger partial charge is 0.253 e. The predicted molar refractivity (Wildman–Crippen MR) is 160 cm³/mol. The van der Waals surface area contributed by atoms with Crippen LogP contribution in [-0.4, -0.2) is 50.4 Å². The van der Waals surface area contributed by atoms with E-state index in [-0.39, 0.29) is 28.4 Å². The fourth-order valence-electron chi connectivity index (χ4n) is 5.86. The predicted octanol–water partition coefficient (Wildman–Crippen LogP) is 4.94. The zero-order valence-corrected chi connectivity index (χ0v) is 26.6. The number of hydrogen-bond donors (Lipinski definition) is 2. The van der Waals surface area contributed by atoms with Crippen LogP contribution in [0.15, 0.2) is 29.2 Å². The molecule has 0 atom stereocenters. The van der Waals surface area contributed by atoms with Crippen molar-refractivity contribution in [2.45, 2.75) is 109 Å². The molecule has 0 radical (unpaired) electrons. The summed E-state index contributed by atoms with van der Waals surface area (Å²) in [4.78, 5) is 13.6. The van der Waals surface area contributed by atoms with Gasteiger partial charge in [0.15, 0.2) is 9.84 Å². The van der Waals surface area contributed by atoms with Gasteiger partial charge in [-0.3, -0.25) is 4.79 Å². The molecular formula is C30H45N3O5S2. The Bertz CT molecular complexity index is 1470. The summed E-state index contributed by atoms with van der Waals surface area (Å²) in [6.45, 7) is 14.2. The third kappa shape index (κ3) is 6.99. The first-order valence-corrected chi connectivity index (χ1v) is 17.6. The number of hydrogen-bond acceptors (Lipinski definition) is 5.